The van der Waals surface area contributed by atoms with E-state index in [0.29, 0.717) is 56.9 Å². The first-order valence-corrected chi connectivity index (χ1v) is 27.0. The summed E-state index contributed by atoms with van der Waals surface area (Å²) in [5.74, 6) is -10.5. The van der Waals surface area contributed by atoms with E-state index in [1.165, 1.54) is 25.2 Å². The number of phenols is 4. The van der Waals surface area contributed by atoms with Crippen molar-refractivity contribution in [1.29, 1.82) is 0 Å². The number of fused-ring (bicyclic) bond motifs is 4. The van der Waals surface area contributed by atoms with Crippen LogP contribution in [0.4, 0.5) is 0 Å². The quantitative estimate of drug-likeness (QED) is 0.0508. The van der Waals surface area contributed by atoms with Gasteiger partial charge in [0.05, 0.1) is 30.5 Å². The Morgan fingerprint density at radius 2 is 1.51 bits per heavy atom. The molecule has 3 aromatic rings. The van der Waals surface area contributed by atoms with Crippen LogP contribution in [-0.4, -0.2) is 152 Å². The van der Waals surface area contributed by atoms with Gasteiger partial charge in [-0.1, -0.05) is 44.6 Å². The van der Waals surface area contributed by atoms with Crippen molar-refractivity contribution < 1.29 is 88.1 Å². The predicted molar refractivity (Wildman–Crippen MR) is 289 cm³/mol. The van der Waals surface area contributed by atoms with E-state index in [0.717, 1.165) is 29.8 Å². The number of carbonyl (C=O) groups excluding carboxylic acids is 4. The zero-order valence-corrected chi connectivity index (χ0v) is 46.3. The first-order valence-electron chi connectivity index (χ1n) is 27.0. The van der Waals surface area contributed by atoms with Crippen LogP contribution in [0.25, 0.3) is 22.3 Å². The molecule has 4 heterocycles. The fourth-order valence-electron chi connectivity index (χ4n) is 11.6. The average Bonchev–Trinajstić information content (AvgIpc) is 3.45. The second-order valence-electron chi connectivity index (χ2n) is 21.9. The molecule has 1 aliphatic carbocycles. The number of cyclic esters (lactones) is 1. The maximum absolute atomic E-state index is 14.3. The maximum atomic E-state index is 14.3. The number of Topliss-reactive ketones (excluding diaryl/α,β-unsaturated/α-hetero) is 2. The Kier molecular flexibility index (Phi) is 21.1. The second-order valence-corrected chi connectivity index (χ2v) is 21.9. The molecule has 2 bridgehead atoms. The van der Waals surface area contributed by atoms with Crippen LogP contribution in [0.2, 0.25) is 0 Å². The van der Waals surface area contributed by atoms with E-state index in [9.17, 15) is 64.8 Å². The van der Waals surface area contributed by atoms with Gasteiger partial charge in [-0.05, 0) is 114 Å². The molecule has 1 aromatic heterocycles. The molecule has 14 atom stereocenters. The van der Waals surface area contributed by atoms with Gasteiger partial charge in [0.15, 0.2) is 17.3 Å². The summed E-state index contributed by atoms with van der Waals surface area (Å²) < 4.78 is 35.1. The van der Waals surface area contributed by atoms with Crippen molar-refractivity contribution in [3.05, 3.63) is 76.5 Å². The third kappa shape index (κ3) is 14.3. The molecule has 1 amide bonds. The molecular weight excluding hydrogens is 1030 g/mol. The molecule has 2 saturated heterocycles. The van der Waals surface area contributed by atoms with Crippen LogP contribution < -0.4 is 5.43 Å². The lowest BCUT2D eigenvalue weighted by Gasteiger charge is -2.47. The summed E-state index contributed by atoms with van der Waals surface area (Å²) in [5.41, 5.74) is 0.719. The minimum atomic E-state index is -2.51. The fraction of sp³-hybridized carbons (Fsp3) is 0.576. The third-order valence-corrected chi connectivity index (χ3v) is 16.0. The zero-order valence-electron chi connectivity index (χ0n) is 46.3. The van der Waals surface area contributed by atoms with Crippen molar-refractivity contribution in [3.63, 3.8) is 0 Å². The molecule has 20 heteroatoms. The molecule has 1 saturated carbocycles. The number of amides is 1. The topological polar surface area (TPSA) is 310 Å². The summed E-state index contributed by atoms with van der Waals surface area (Å²) >= 11 is 0. The summed E-state index contributed by atoms with van der Waals surface area (Å²) in [5, 5.41) is 81.8. The Labute approximate surface area is 459 Å². The number of allylic oxidation sites excluding steroid dienone is 4. The van der Waals surface area contributed by atoms with E-state index in [1.807, 2.05) is 32.9 Å². The van der Waals surface area contributed by atoms with Crippen molar-refractivity contribution >= 4 is 34.4 Å². The van der Waals surface area contributed by atoms with Crippen LogP contribution in [0.3, 0.4) is 0 Å². The highest BCUT2D eigenvalue weighted by Gasteiger charge is 2.56. The Hall–Kier alpha value is -6.13. The highest BCUT2D eigenvalue weighted by atomic mass is 16.7. The van der Waals surface area contributed by atoms with Gasteiger partial charge >= 0.3 is 5.97 Å². The third-order valence-electron chi connectivity index (χ3n) is 16.0. The van der Waals surface area contributed by atoms with Gasteiger partial charge in [0.2, 0.25) is 17.0 Å². The first-order chi connectivity index (χ1) is 37.4. The van der Waals surface area contributed by atoms with Gasteiger partial charge in [-0.2, -0.15) is 0 Å². The molecular formula is C59H79NO19. The summed E-state index contributed by atoms with van der Waals surface area (Å²) in [7, 11) is 4.61. The standard InChI is InChI=1S/C44H69NO12.C15H10O7/c1-10-13-31-19-25(2)18-26(3)20-37(54-8)40-38(55-9)22-28(5)44(52,57-40)41(49)42(50)45-17-12-11-14-32(45)43(51)56-39(29(6)34(47)24-35(31)48)27(4)21-30-15-16-33(46)36(23-30)53-7;16-7-4-10(19)12-11(5-7)22-15(14(21)13(12)20)6-1-2-8(17)9(18)3-6/h10,19,21,26,28-34,36-40,46-47,52H,1,11-18,20,22-24H2,2-9H3;1-5,16-19,21H/b25-19+,27-21+;/t26-,28+,29+,30-,31+,32-,33+,34-,36+,37-,38-,39+,40+,44+;/m0./s1. The number of methoxy groups -OCH3 is 3. The highest BCUT2D eigenvalue weighted by Crippen LogP contribution is 2.41. The monoisotopic (exact) mass is 1110 g/mol. The molecule has 3 fully saturated rings. The van der Waals surface area contributed by atoms with Crippen molar-refractivity contribution in [2.24, 2.45) is 29.6 Å². The molecule has 3 aliphatic heterocycles. The largest absolute Gasteiger partial charge is 0.508 e. The van der Waals surface area contributed by atoms with Crippen LogP contribution >= 0.6 is 0 Å². The van der Waals surface area contributed by atoms with E-state index in [1.54, 1.807) is 27.0 Å². The average molecular weight is 1110 g/mol. The number of nitrogens with zero attached hydrogens (tertiary/aromatic N) is 1. The molecule has 4 aliphatic rings. The summed E-state index contributed by atoms with van der Waals surface area (Å²) in [4.78, 5) is 70.0. The predicted octanol–water partition coefficient (Wildman–Crippen LogP) is 6.63. The number of hydrogen-bond acceptors (Lipinski definition) is 19. The summed E-state index contributed by atoms with van der Waals surface area (Å²) in [6.07, 6.45) is 4.93. The zero-order chi connectivity index (χ0) is 58.2. The van der Waals surface area contributed by atoms with Crippen molar-refractivity contribution in [2.75, 3.05) is 27.9 Å². The number of aliphatic hydroxyl groups is 3. The fourth-order valence-corrected chi connectivity index (χ4v) is 11.6. The van der Waals surface area contributed by atoms with Gasteiger partial charge in [0.1, 0.15) is 46.5 Å². The molecule has 20 nitrogen and oxygen atoms in total. The van der Waals surface area contributed by atoms with Gasteiger partial charge in [-0.3, -0.25) is 19.2 Å². The van der Waals surface area contributed by atoms with Crippen molar-refractivity contribution in [2.45, 2.75) is 160 Å². The number of aliphatic hydroxyl groups excluding tert-OH is 2. The van der Waals surface area contributed by atoms with E-state index < -0.39 is 107 Å². The number of ether oxygens (including phenoxy) is 5. The number of esters is 1. The first kappa shape index (κ1) is 62.1. The highest BCUT2D eigenvalue weighted by molar-refractivity contribution is 6.39. The SMILES string of the molecule is C=CC[C@@H]1/C=C(\C)C[C@H](C)C[C@H](OC)[C@H]2O[C@@](O)(C(=O)C(=O)N3CCCC[C@H]3C(=O)O[C@H](/C(C)=C/[C@@H]3CC[C@@H](O)[C@H](OC)C3)[C@H](C)[C@@H](O)CC1=O)[C@H](C)C[C@@H]2OC.O=c1c(O)c(-c2ccc(O)c(O)c2)oc2cc(O)cc(O)c12. The van der Waals surface area contributed by atoms with Crippen LogP contribution in [0, 0.1) is 29.6 Å². The van der Waals surface area contributed by atoms with E-state index in [4.69, 9.17) is 28.1 Å². The lowest BCUT2D eigenvalue weighted by Crippen LogP contribution is -2.64. The minimum absolute atomic E-state index is 0.00988. The lowest BCUT2D eigenvalue weighted by atomic mass is 9.81. The minimum Gasteiger partial charge on any atom is -0.508 e. The molecule has 79 heavy (non-hydrogen) atoms. The van der Waals surface area contributed by atoms with Gasteiger partial charge in [-0.25, -0.2) is 4.79 Å². The molecule has 2 aromatic carbocycles. The van der Waals surface area contributed by atoms with Gasteiger partial charge in [0.25, 0.3) is 11.7 Å². The van der Waals surface area contributed by atoms with Crippen LogP contribution in [0.5, 0.6) is 28.7 Å². The van der Waals surface area contributed by atoms with E-state index >= 15 is 0 Å². The van der Waals surface area contributed by atoms with E-state index in [-0.39, 0.29) is 83.3 Å². The van der Waals surface area contributed by atoms with Crippen LogP contribution in [0.15, 0.2) is 75.5 Å². The van der Waals surface area contributed by atoms with Gasteiger partial charge < -0.3 is 73.9 Å². The van der Waals surface area contributed by atoms with Crippen molar-refractivity contribution in [1.82, 2.24) is 4.90 Å². The van der Waals surface area contributed by atoms with Gasteiger partial charge in [-0.15, -0.1) is 6.58 Å². The Morgan fingerprint density at radius 3 is 2.16 bits per heavy atom. The Balaban J connectivity index is 0.000000378. The molecule has 7 rings (SSSR count). The number of ketones is 2. The molecule has 0 radical (unpaired) electrons. The van der Waals surface area contributed by atoms with Crippen LogP contribution in [-0.2, 0) is 42.9 Å². The Bertz CT molecular complexity index is 2800. The maximum Gasteiger partial charge on any atom is 0.329 e. The summed E-state index contributed by atoms with van der Waals surface area (Å²) in [6.45, 7) is 13.1. The summed E-state index contributed by atoms with van der Waals surface area (Å²) in [6, 6.07) is 4.50. The molecule has 434 valence electrons. The lowest BCUT2D eigenvalue weighted by molar-refractivity contribution is -0.302. The Morgan fingerprint density at radius 1 is 0.823 bits per heavy atom. The second kappa shape index (κ2) is 26.9. The molecule has 0 unspecified atom stereocenters. The number of phenolic OH excluding ortho intramolecular Hbond substituents is 4. The van der Waals surface area contributed by atoms with Crippen LogP contribution in [0.1, 0.15) is 105 Å². The van der Waals surface area contributed by atoms with Crippen molar-refractivity contribution in [3.8, 4) is 40.1 Å². The number of carbonyl (C=O) groups is 4. The molecule has 8 N–H and O–H groups in total. The molecule has 0 spiro atoms. The number of piperidine rings is 1. The number of aromatic hydroxyl groups is 5. The number of hydrogen-bond donors (Lipinski definition) is 8. The number of benzene rings is 2. The van der Waals surface area contributed by atoms with E-state index in [2.05, 4.69) is 6.58 Å². The van der Waals surface area contributed by atoms with Gasteiger partial charge in [0, 0.05) is 69.7 Å². The number of rotatable bonds is 8. The normalized spacial score (nSPS) is 32.6. The smallest absolute Gasteiger partial charge is 0.329 e.